The third kappa shape index (κ3) is 4.72. The van der Waals surface area contributed by atoms with Gasteiger partial charge in [0, 0.05) is 31.2 Å². The molecule has 0 atom stereocenters. The van der Waals surface area contributed by atoms with Crippen LogP contribution in [0.5, 0.6) is 0 Å². The highest BCUT2D eigenvalue weighted by Crippen LogP contribution is 2.22. The number of likely N-dealkylation sites (tertiary alicyclic amines) is 1. The van der Waals surface area contributed by atoms with E-state index in [9.17, 15) is 4.79 Å². The molecule has 2 aliphatic rings. The van der Waals surface area contributed by atoms with Crippen LogP contribution in [0, 0.1) is 5.92 Å². The molecule has 1 amide bonds. The molecule has 0 saturated carbocycles. The zero-order valence-corrected chi connectivity index (χ0v) is 15.9. The second-order valence-corrected chi connectivity index (χ2v) is 7.71. The minimum atomic E-state index is 0.125. The van der Waals surface area contributed by atoms with Crippen LogP contribution in [0.15, 0.2) is 47.1 Å². The molecule has 144 valence electrons. The number of nitrogens with zero attached hydrogens (tertiary/aromatic N) is 2. The van der Waals surface area contributed by atoms with Gasteiger partial charge in [0.15, 0.2) is 0 Å². The minimum Gasteiger partial charge on any atom is -0.468 e. The number of piperidine rings is 1. The molecule has 0 radical (unpaired) electrons. The summed E-state index contributed by atoms with van der Waals surface area (Å²) in [5.41, 5.74) is 2.47. The van der Waals surface area contributed by atoms with Gasteiger partial charge in [-0.25, -0.2) is 0 Å². The van der Waals surface area contributed by atoms with E-state index in [1.807, 2.05) is 12.1 Å². The van der Waals surface area contributed by atoms with Crippen LogP contribution < -0.4 is 10.2 Å². The summed E-state index contributed by atoms with van der Waals surface area (Å²) in [5, 5.41) is 3.15. The summed E-state index contributed by atoms with van der Waals surface area (Å²) < 4.78 is 5.42. The van der Waals surface area contributed by atoms with E-state index in [1.54, 1.807) is 6.26 Å². The number of amides is 1. The van der Waals surface area contributed by atoms with Crippen LogP contribution in [0.4, 0.5) is 5.69 Å². The van der Waals surface area contributed by atoms with Crippen LogP contribution in [0.2, 0.25) is 0 Å². The van der Waals surface area contributed by atoms with E-state index in [2.05, 4.69) is 39.4 Å². The Morgan fingerprint density at radius 1 is 1.07 bits per heavy atom. The smallest absolute Gasteiger partial charge is 0.223 e. The maximum atomic E-state index is 12.6. The second kappa shape index (κ2) is 8.61. The Hall–Kier alpha value is -2.27. The van der Waals surface area contributed by atoms with E-state index in [1.165, 1.54) is 24.1 Å². The lowest BCUT2D eigenvalue weighted by Gasteiger charge is -2.30. The van der Waals surface area contributed by atoms with Crippen molar-refractivity contribution >= 4 is 11.6 Å². The Kier molecular flexibility index (Phi) is 5.78. The van der Waals surface area contributed by atoms with Crippen molar-refractivity contribution in [2.24, 2.45) is 5.92 Å². The Morgan fingerprint density at radius 2 is 1.89 bits per heavy atom. The van der Waals surface area contributed by atoms with Crippen molar-refractivity contribution in [1.82, 2.24) is 10.2 Å². The van der Waals surface area contributed by atoms with E-state index in [0.717, 1.165) is 51.3 Å². The first-order valence-electron chi connectivity index (χ1n) is 10.1. The van der Waals surface area contributed by atoms with Crippen molar-refractivity contribution in [3.8, 4) is 0 Å². The molecule has 1 N–H and O–H groups in total. The van der Waals surface area contributed by atoms with Gasteiger partial charge in [-0.3, -0.25) is 9.69 Å². The molecule has 2 aromatic rings. The van der Waals surface area contributed by atoms with Gasteiger partial charge in [-0.1, -0.05) is 12.1 Å². The highest BCUT2D eigenvalue weighted by atomic mass is 16.3. The predicted molar refractivity (Wildman–Crippen MR) is 106 cm³/mol. The summed E-state index contributed by atoms with van der Waals surface area (Å²) in [7, 11) is 0. The molecule has 0 bridgehead atoms. The lowest BCUT2D eigenvalue weighted by Crippen LogP contribution is -2.40. The summed E-state index contributed by atoms with van der Waals surface area (Å²) in [6.07, 6.45) is 6.11. The van der Waals surface area contributed by atoms with Gasteiger partial charge in [-0.15, -0.1) is 0 Å². The Morgan fingerprint density at radius 3 is 2.63 bits per heavy atom. The second-order valence-electron chi connectivity index (χ2n) is 7.71. The molecule has 1 aromatic carbocycles. The minimum absolute atomic E-state index is 0.125. The number of carbonyl (C=O) groups excluding carboxylic acids is 1. The normalized spacial score (nSPS) is 18.7. The van der Waals surface area contributed by atoms with Crippen LogP contribution in [0.1, 0.15) is 37.0 Å². The third-order valence-electron chi connectivity index (χ3n) is 5.77. The number of benzene rings is 1. The molecule has 5 nitrogen and oxygen atoms in total. The fraction of sp³-hybridized carbons (Fsp3) is 0.500. The maximum Gasteiger partial charge on any atom is 0.223 e. The van der Waals surface area contributed by atoms with Crippen LogP contribution in [0.3, 0.4) is 0 Å². The third-order valence-corrected chi connectivity index (χ3v) is 5.77. The first kappa shape index (κ1) is 18.1. The predicted octanol–water partition coefficient (Wildman–Crippen LogP) is 3.41. The van der Waals surface area contributed by atoms with Crippen molar-refractivity contribution in [1.29, 1.82) is 0 Å². The fourth-order valence-electron chi connectivity index (χ4n) is 4.15. The lowest BCUT2D eigenvalue weighted by atomic mass is 9.95. The van der Waals surface area contributed by atoms with Crippen LogP contribution in [-0.2, 0) is 17.9 Å². The summed E-state index contributed by atoms with van der Waals surface area (Å²) >= 11 is 0. The first-order chi connectivity index (χ1) is 13.3. The monoisotopic (exact) mass is 367 g/mol. The number of hydrogen-bond donors (Lipinski definition) is 1. The van der Waals surface area contributed by atoms with Crippen molar-refractivity contribution in [2.75, 3.05) is 31.1 Å². The van der Waals surface area contributed by atoms with Crippen LogP contribution >= 0.6 is 0 Å². The van der Waals surface area contributed by atoms with Gasteiger partial charge in [-0.2, -0.15) is 0 Å². The Balaban J connectivity index is 1.23. The molecule has 0 unspecified atom stereocenters. The number of nitrogens with one attached hydrogen (secondary N) is 1. The van der Waals surface area contributed by atoms with Crippen molar-refractivity contribution < 1.29 is 9.21 Å². The average Bonchev–Trinajstić information content (AvgIpc) is 3.41. The molecule has 5 heteroatoms. The highest BCUT2D eigenvalue weighted by Gasteiger charge is 2.25. The fourth-order valence-corrected chi connectivity index (χ4v) is 4.15. The molecule has 27 heavy (non-hydrogen) atoms. The van der Waals surface area contributed by atoms with E-state index in [4.69, 9.17) is 4.42 Å². The molecule has 2 saturated heterocycles. The van der Waals surface area contributed by atoms with Gasteiger partial charge < -0.3 is 14.6 Å². The zero-order chi connectivity index (χ0) is 18.5. The van der Waals surface area contributed by atoms with Gasteiger partial charge in [-0.05, 0) is 68.6 Å². The Bertz CT molecular complexity index is 730. The summed E-state index contributed by atoms with van der Waals surface area (Å²) in [6, 6.07) is 12.5. The highest BCUT2D eigenvalue weighted by molar-refractivity contribution is 5.78. The number of hydrogen-bond acceptors (Lipinski definition) is 4. The molecular weight excluding hydrogens is 338 g/mol. The molecule has 0 aliphatic carbocycles. The molecule has 3 heterocycles. The molecule has 0 spiro atoms. The zero-order valence-electron chi connectivity index (χ0n) is 15.9. The number of rotatable bonds is 6. The van der Waals surface area contributed by atoms with E-state index in [0.29, 0.717) is 6.54 Å². The molecular formula is C22H29N3O2. The van der Waals surface area contributed by atoms with Gasteiger partial charge >= 0.3 is 0 Å². The summed E-state index contributed by atoms with van der Waals surface area (Å²) in [4.78, 5) is 17.4. The van der Waals surface area contributed by atoms with E-state index in [-0.39, 0.29) is 11.8 Å². The largest absolute Gasteiger partial charge is 0.468 e. The topological polar surface area (TPSA) is 48.7 Å². The lowest BCUT2D eigenvalue weighted by molar-refractivity contribution is -0.126. The molecule has 2 fully saturated rings. The van der Waals surface area contributed by atoms with Gasteiger partial charge in [0.1, 0.15) is 5.76 Å². The molecule has 2 aliphatic heterocycles. The number of carbonyl (C=O) groups is 1. The summed E-state index contributed by atoms with van der Waals surface area (Å²) in [5.74, 6) is 1.31. The maximum absolute atomic E-state index is 12.6. The first-order valence-corrected chi connectivity index (χ1v) is 10.1. The SMILES string of the molecule is O=C(NCc1cccc(N2CCCC2)c1)C1CCN(Cc2ccco2)CC1. The van der Waals surface area contributed by atoms with Gasteiger partial charge in [0.05, 0.1) is 12.8 Å². The molecule has 1 aromatic heterocycles. The van der Waals surface area contributed by atoms with Crippen molar-refractivity contribution in [2.45, 2.75) is 38.8 Å². The quantitative estimate of drug-likeness (QED) is 0.850. The van der Waals surface area contributed by atoms with E-state index >= 15 is 0 Å². The van der Waals surface area contributed by atoms with Gasteiger partial charge in [0.25, 0.3) is 0 Å². The number of anilines is 1. The van der Waals surface area contributed by atoms with Gasteiger partial charge in [0.2, 0.25) is 5.91 Å². The standard InChI is InChI=1S/C22H29N3O2/c26-22(19-8-12-24(13-9-19)17-21-7-4-14-27-21)23-16-18-5-3-6-20(15-18)25-10-1-2-11-25/h3-7,14-15,19H,1-2,8-13,16-17H2,(H,23,26). The van der Waals surface area contributed by atoms with Crippen LogP contribution in [-0.4, -0.2) is 37.0 Å². The van der Waals surface area contributed by atoms with E-state index < -0.39 is 0 Å². The molecule has 4 rings (SSSR count). The van der Waals surface area contributed by atoms with Crippen molar-refractivity contribution in [3.05, 3.63) is 54.0 Å². The Labute approximate surface area is 161 Å². The van der Waals surface area contributed by atoms with Crippen molar-refractivity contribution in [3.63, 3.8) is 0 Å². The van der Waals surface area contributed by atoms with Crippen LogP contribution in [0.25, 0.3) is 0 Å². The number of furan rings is 1. The average molecular weight is 367 g/mol. The summed E-state index contributed by atoms with van der Waals surface area (Å²) in [6.45, 7) is 5.64.